The highest BCUT2D eigenvalue weighted by atomic mass is 79.9. The zero-order valence-corrected chi connectivity index (χ0v) is 26.3. The number of hydrogen-bond donors (Lipinski definition) is 1. The first-order valence-corrected chi connectivity index (χ1v) is 16.1. The summed E-state index contributed by atoms with van der Waals surface area (Å²) in [4.78, 5) is 29.0. The predicted octanol–water partition coefficient (Wildman–Crippen LogP) is 5.17. The average Bonchev–Trinajstić information content (AvgIpc) is 2.93. The van der Waals surface area contributed by atoms with Gasteiger partial charge >= 0.3 is 0 Å². The lowest BCUT2D eigenvalue weighted by Gasteiger charge is -2.32. The molecule has 0 saturated carbocycles. The summed E-state index contributed by atoms with van der Waals surface area (Å²) >= 11 is 3.45. The van der Waals surface area contributed by atoms with Gasteiger partial charge in [-0.1, -0.05) is 70.5 Å². The molecule has 2 amide bonds. The van der Waals surface area contributed by atoms with Crippen LogP contribution in [0.1, 0.15) is 37.8 Å². The third-order valence-electron chi connectivity index (χ3n) is 6.47. The lowest BCUT2D eigenvalue weighted by Crippen LogP contribution is -2.51. The average molecular weight is 645 g/mol. The van der Waals surface area contributed by atoms with E-state index in [4.69, 9.17) is 4.74 Å². The second-order valence-electron chi connectivity index (χ2n) is 10.1. The van der Waals surface area contributed by atoms with Gasteiger partial charge in [0.25, 0.3) is 0 Å². The van der Waals surface area contributed by atoms with Gasteiger partial charge in [-0.05, 0) is 55.7 Å². The zero-order chi connectivity index (χ0) is 30.0. The smallest absolute Gasteiger partial charge is 0.243 e. The van der Waals surface area contributed by atoms with Crippen LogP contribution in [0.4, 0.5) is 5.69 Å². The molecule has 0 saturated heterocycles. The summed E-state index contributed by atoms with van der Waals surface area (Å²) in [5, 5.41) is 2.98. The third-order valence-corrected chi connectivity index (χ3v) is 8.18. The molecule has 3 rings (SSSR count). The monoisotopic (exact) mass is 643 g/mol. The van der Waals surface area contributed by atoms with Crippen LogP contribution in [0.2, 0.25) is 0 Å². The number of amides is 2. The first-order chi connectivity index (χ1) is 19.5. The van der Waals surface area contributed by atoms with Crippen molar-refractivity contribution in [3.63, 3.8) is 0 Å². The van der Waals surface area contributed by atoms with Gasteiger partial charge < -0.3 is 15.0 Å². The van der Waals surface area contributed by atoms with Crippen molar-refractivity contribution in [3.8, 4) is 5.75 Å². The van der Waals surface area contributed by atoms with E-state index < -0.39 is 16.1 Å². The van der Waals surface area contributed by atoms with E-state index >= 15 is 0 Å². The molecule has 1 N–H and O–H groups in total. The highest BCUT2D eigenvalue weighted by Gasteiger charge is 2.31. The Morgan fingerprint density at radius 1 is 0.927 bits per heavy atom. The van der Waals surface area contributed by atoms with Crippen LogP contribution in [-0.4, -0.2) is 57.1 Å². The molecule has 3 aromatic carbocycles. The molecular weight excluding hydrogens is 606 g/mol. The number of benzene rings is 3. The molecule has 0 aliphatic carbocycles. The summed E-state index contributed by atoms with van der Waals surface area (Å²) < 4.78 is 32.9. The van der Waals surface area contributed by atoms with E-state index in [0.29, 0.717) is 17.9 Å². The van der Waals surface area contributed by atoms with Crippen LogP contribution in [0.15, 0.2) is 83.3 Å². The normalized spacial score (nSPS) is 12.0. The molecule has 3 aromatic rings. The fourth-order valence-electron chi connectivity index (χ4n) is 4.54. The van der Waals surface area contributed by atoms with Crippen LogP contribution >= 0.6 is 15.9 Å². The number of anilines is 1. The number of sulfonamides is 1. The zero-order valence-electron chi connectivity index (χ0n) is 23.9. The molecule has 1 unspecified atom stereocenters. The van der Waals surface area contributed by atoms with Gasteiger partial charge in [0, 0.05) is 36.4 Å². The summed E-state index contributed by atoms with van der Waals surface area (Å²) in [5.74, 6) is -0.0447. The van der Waals surface area contributed by atoms with Crippen LogP contribution in [0.25, 0.3) is 0 Å². The minimum Gasteiger partial charge on any atom is -0.495 e. The van der Waals surface area contributed by atoms with Crippen molar-refractivity contribution >= 4 is 43.5 Å². The molecule has 0 spiro atoms. The maximum Gasteiger partial charge on any atom is 0.243 e. The largest absolute Gasteiger partial charge is 0.495 e. The number of nitrogens with one attached hydrogen (secondary N) is 1. The van der Waals surface area contributed by atoms with Gasteiger partial charge in [-0.25, -0.2) is 8.42 Å². The number of nitrogens with zero attached hydrogens (tertiary/aromatic N) is 2. The lowest BCUT2D eigenvalue weighted by atomic mass is 10.0. The van der Waals surface area contributed by atoms with Crippen LogP contribution in [-0.2, 0) is 32.6 Å². The lowest BCUT2D eigenvalue weighted by molar-refractivity contribution is -0.141. The number of ether oxygens (including phenoxy) is 1. The second-order valence-corrected chi connectivity index (χ2v) is 12.9. The van der Waals surface area contributed by atoms with Gasteiger partial charge in [-0.3, -0.25) is 13.9 Å². The van der Waals surface area contributed by atoms with E-state index in [0.717, 1.165) is 21.9 Å². The number of carbonyl (C=O) groups is 2. The summed E-state index contributed by atoms with van der Waals surface area (Å²) in [5.41, 5.74) is 2.23. The van der Waals surface area contributed by atoms with Crippen molar-refractivity contribution < 1.29 is 22.7 Å². The molecule has 0 bridgehead atoms. The van der Waals surface area contributed by atoms with Gasteiger partial charge in [-0.15, -0.1) is 0 Å². The Labute approximate surface area is 251 Å². The molecule has 41 heavy (non-hydrogen) atoms. The molecule has 0 fully saturated rings. The van der Waals surface area contributed by atoms with Gasteiger partial charge in [0.1, 0.15) is 11.8 Å². The van der Waals surface area contributed by atoms with Crippen LogP contribution < -0.4 is 14.4 Å². The maximum absolute atomic E-state index is 13.9. The maximum atomic E-state index is 13.9. The molecule has 8 nitrogen and oxygen atoms in total. The topological polar surface area (TPSA) is 96.0 Å². The summed E-state index contributed by atoms with van der Waals surface area (Å²) in [6.07, 6.45) is 1.79. The quantitative estimate of drug-likeness (QED) is 0.262. The number of hydrogen-bond acceptors (Lipinski definition) is 5. The fourth-order valence-corrected chi connectivity index (χ4v) is 5.77. The molecular formula is C31H38BrN3O5S. The van der Waals surface area contributed by atoms with Crippen molar-refractivity contribution in [1.29, 1.82) is 0 Å². The van der Waals surface area contributed by atoms with E-state index in [-0.39, 0.29) is 43.8 Å². The van der Waals surface area contributed by atoms with Gasteiger partial charge in [0.05, 0.1) is 19.1 Å². The minimum absolute atomic E-state index is 0.0535. The molecule has 1 atom stereocenters. The molecule has 0 aliphatic heterocycles. The Morgan fingerprint density at radius 3 is 2.17 bits per heavy atom. The predicted molar refractivity (Wildman–Crippen MR) is 166 cm³/mol. The first kappa shape index (κ1) is 32.1. The highest BCUT2D eigenvalue weighted by Crippen LogP contribution is 2.30. The van der Waals surface area contributed by atoms with E-state index in [9.17, 15) is 18.0 Å². The number of rotatable bonds is 14. The van der Waals surface area contributed by atoms with Crippen molar-refractivity contribution in [2.45, 2.75) is 51.7 Å². The van der Waals surface area contributed by atoms with Crippen molar-refractivity contribution in [2.75, 3.05) is 24.2 Å². The molecule has 10 heteroatoms. The first-order valence-electron chi connectivity index (χ1n) is 13.5. The van der Waals surface area contributed by atoms with E-state index in [1.807, 2.05) is 68.4 Å². The minimum atomic E-state index is -3.65. The molecule has 220 valence electrons. The van der Waals surface area contributed by atoms with E-state index in [2.05, 4.69) is 21.2 Å². The standard InChI is InChI=1S/C31H38BrN3O5S/c1-23(2)33-31(37)28(21-24-11-6-5-7-12-24)34(22-25-16-18-26(32)19-17-25)30(36)15-10-20-35(41(4,38)39)27-13-8-9-14-29(27)40-3/h5-9,11-14,16-19,23,28H,10,15,20-22H2,1-4H3,(H,33,37). The SMILES string of the molecule is COc1ccccc1N(CCCC(=O)N(Cc1ccc(Br)cc1)C(Cc1ccccc1)C(=O)NC(C)C)S(C)(=O)=O. The number of para-hydroxylation sites is 2. The van der Waals surface area contributed by atoms with Crippen LogP contribution in [0.5, 0.6) is 5.75 Å². The molecule has 0 radical (unpaired) electrons. The van der Waals surface area contributed by atoms with Crippen LogP contribution in [0, 0.1) is 0 Å². The number of methoxy groups -OCH3 is 1. The summed E-state index contributed by atoms with van der Waals surface area (Å²) in [6, 6.07) is 23.2. The molecule has 0 aromatic heterocycles. The van der Waals surface area contributed by atoms with Crippen molar-refractivity contribution in [3.05, 3.63) is 94.5 Å². The highest BCUT2D eigenvalue weighted by molar-refractivity contribution is 9.10. The molecule has 0 heterocycles. The number of carbonyl (C=O) groups excluding carboxylic acids is 2. The van der Waals surface area contributed by atoms with Crippen molar-refractivity contribution in [1.82, 2.24) is 10.2 Å². The summed E-state index contributed by atoms with van der Waals surface area (Å²) in [7, 11) is -2.16. The van der Waals surface area contributed by atoms with Crippen LogP contribution in [0.3, 0.4) is 0 Å². The third kappa shape index (κ3) is 9.60. The summed E-state index contributed by atoms with van der Waals surface area (Å²) in [6.45, 7) is 4.09. The van der Waals surface area contributed by atoms with Gasteiger partial charge in [0.15, 0.2) is 0 Å². The Kier molecular flexibility index (Phi) is 11.8. The van der Waals surface area contributed by atoms with E-state index in [1.165, 1.54) is 11.4 Å². The Hall–Kier alpha value is -3.37. The Morgan fingerprint density at radius 2 is 1.56 bits per heavy atom. The Balaban J connectivity index is 1.89. The second kappa shape index (κ2) is 15.0. The van der Waals surface area contributed by atoms with Crippen molar-refractivity contribution in [2.24, 2.45) is 0 Å². The van der Waals surface area contributed by atoms with Gasteiger partial charge in [-0.2, -0.15) is 0 Å². The fraction of sp³-hybridized carbons (Fsp3) is 0.355. The molecule has 0 aliphatic rings. The Bertz CT molecular complexity index is 1400. The van der Waals surface area contributed by atoms with E-state index in [1.54, 1.807) is 29.2 Å². The number of halogens is 1. The van der Waals surface area contributed by atoms with Gasteiger partial charge in [0.2, 0.25) is 21.8 Å².